The van der Waals surface area contributed by atoms with Crippen LogP contribution in [0.1, 0.15) is 28.3 Å². The molecule has 3 aliphatic heterocycles. The molecule has 0 aliphatic carbocycles. The van der Waals surface area contributed by atoms with Gasteiger partial charge < -0.3 is 14.7 Å². The summed E-state index contributed by atoms with van der Waals surface area (Å²) >= 11 is 0. The highest BCUT2D eigenvalue weighted by molar-refractivity contribution is 5.69. The van der Waals surface area contributed by atoms with Gasteiger partial charge in [0.2, 0.25) is 0 Å². The maximum absolute atomic E-state index is 15.7. The molecule has 2 fully saturated rings. The van der Waals surface area contributed by atoms with Gasteiger partial charge in [0.25, 0.3) is 6.43 Å². The lowest BCUT2D eigenvalue weighted by atomic mass is 9.72. The molecule has 41 heavy (non-hydrogen) atoms. The van der Waals surface area contributed by atoms with Gasteiger partial charge in [0.1, 0.15) is 24.0 Å². The van der Waals surface area contributed by atoms with Gasteiger partial charge >= 0.3 is 5.97 Å². The van der Waals surface area contributed by atoms with E-state index in [1.165, 1.54) is 17.0 Å². The van der Waals surface area contributed by atoms with Crippen LogP contribution in [0.4, 0.5) is 23.2 Å². The maximum atomic E-state index is 15.7. The maximum Gasteiger partial charge on any atom is 0.317 e. The Morgan fingerprint density at radius 3 is 2.37 bits per heavy atom. The average Bonchev–Trinajstić information content (AvgIpc) is 2.88. The van der Waals surface area contributed by atoms with Crippen LogP contribution < -0.4 is 9.64 Å². The van der Waals surface area contributed by atoms with Crippen LogP contribution >= 0.6 is 0 Å². The molecular formula is C31H31F4N3O3. The van der Waals surface area contributed by atoms with Crippen molar-refractivity contribution in [1.29, 1.82) is 0 Å². The molecule has 10 heteroatoms. The highest BCUT2D eigenvalue weighted by atomic mass is 19.3. The molecule has 1 unspecified atom stereocenters. The van der Waals surface area contributed by atoms with Crippen LogP contribution in [0.5, 0.6) is 5.75 Å². The van der Waals surface area contributed by atoms with E-state index in [-0.39, 0.29) is 24.1 Å². The average molecular weight is 570 g/mol. The van der Waals surface area contributed by atoms with Crippen molar-refractivity contribution in [3.63, 3.8) is 0 Å². The standard InChI is InChI=1S/C31H31F4N3O3/c32-25-11-22(38-18-31(19-38)16-36(17-31)14-28(39)40)12-26(33)29(25)30-24-7-6-23(41-15-20-4-2-1-3-5-20)10-21(24)8-9-37(30)13-27(34)35/h1-7,10-12,27,30H,8-9,13-19H2,(H,39,40). The van der Waals surface area contributed by atoms with Crippen LogP contribution in [-0.4, -0.2) is 73.1 Å². The number of carboxylic acid groups (broad SMARTS) is 1. The predicted octanol–water partition coefficient (Wildman–Crippen LogP) is 4.96. The van der Waals surface area contributed by atoms with E-state index in [1.54, 1.807) is 12.1 Å². The van der Waals surface area contributed by atoms with Crippen LogP contribution in [0.3, 0.4) is 0 Å². The molecule has 0 aromatic heterocycles. The number of rotatable bonds is 9. The number of carboxylic acids is 1. The number of ether oxygens (including phenoxy) is 1. The van der Waals surface area contributed by atoms with E-state index in [2.05, 4.69) is 0 Å². The van der Waals surface area contributed by atoms with Gasteiger partial charge in [0, 0.05) is 49.4 Å². The second kappa shape index (κ2) is 11.0. The Bertz CT molecular complexity index is 1400. The molecule has 0 bridgehead atoms. The molecule has 3 aromatic carbocycles. The SMILES string of the molecule is O=C(O)CN1CC2(C1)CN(c1cc(F)c(C3c4ccc(OCc5ccccc5)cc4CCN3CC(F)F)c(F)c1)C2. The van der Waals surface area contributed by atoms with E-state index < -0.39 is 36.6 Å². The van der Waals surface area contributed by atoms with E-state index >= 15 is 8.78 Å². The zero-order valence-corrected chi connectivity index (χ0v) is 22.4. The molecule has 0 amide bonds. The molecule has 3 aromatic rings. The third-order valence-electron chi connectivity index (χ3n) is 8.30. The molecular weight excluding hydrogens is 538 g/mol. The van der Waals surface area contributed by atoms with Crippen molar-refractivity contribution in [1.82, 2.24) is 9.80 Å². The van der Waals surface area contributed by atoms with Crippen LogP contribution in [0.15, 0.2) is 60.7 Å². The third-order valence-corrected chi connectivity index (χ3v) is 8.30. The number of likely N-dealkylation sites (tertiary alicyclic amines) is 1. The summed E-state index contributed by atoms with van der Waals surface area (Å²) in [5, 5.41) is 8.96. The lowest BCUT2D eigenvalue weighted by Crippen LogP contribution is -2.72. The van der Waals surface area contributed by atoms with E-state index in [1.807, 2.05) is 46.2 Å². The minimum Gasteiger partial charge on any atom is -0.489 e. The first-order chi connectivity index (χ1) is 19.7. The molecule has 0 radical (unpaired) electrons. The number of fused-ring (bicyclic) bond motifs is 1. The topological polar surface area (TPSA) is 56.3 Å². The van der Waals surface area contributed by atoms with E-state index in [0.717, 1.165) is 11.1 Å². The number of alkyl halides is 2. The van der Waals surface area contributed by atoms with Crippen LogP contribution in [0, 0.1) is 17.0 Å². The fourth-order valence-electron chi connectivity index (χ4n) is 6.56. The van der Waals surface area contributed by atoms with Crippen molar-refractivity contribution >= 4 is 11.7 Å². The summed E-state index contributed by atoms with van der Waals surface area (Å²) < 4.78 is 64.5. The number of hydrogen-bond acceptors (Lipinski definition) is 5. The first kappa shape index (κ1) is 27.5. The highest BCUT2D eigenvalue weighted by Gasteiger charge is 2.52. The van der Waals surface area contributed by atoms with Crippen LogP contribution in [-0.2, 0) is 17.8 Å². The van der Waals surface area contributed by atoms with Gasteiger partial charge in [-0.1, -0.05) is 36.4 Å². The van der Waals surface area contributed by atoms with Gasteiger partial charge in [-0.15, -0.1) is 0 Å². The van der Waals surface area contributed by atoms with E-state index in [0.29, 0.717) is 56.2 Å². The molecule has 1 spiro atoms. The van der Waals surface area contributed by atoms with Gasteiger partial charge in [-0.3, -0.25) is 14.6 Å². The monoisotopic (exact) mass is 569 g/mol. The quantitative estimate of drug-likeness (QED) is 0.368. The van der Waals surface area contributed by atoms with E-state index in [9.17, 15) is 13.6 Å². The first-order valence-electron chi connectivity index (χ1n) is 13.7. The molecule has 216 valence electrons. The van der Waals surface area contributed by atoms with Crippen molar-refractivity contribution in [3.8, 4) is 5.75 Å². The van der Waals surface area contributed by atoms with Crippen molar-refractivity contribution in [2.45, 2.75) is 25.5 Å². The fourth-order valence-corrected chi connectivity index (χ4v) is 6.56. The number of benzene rings is 3. The van der Waals surface area contributed by atoms with E-state index in [4.69, 9.17) is 9.84 Å². The van der Waals surface area contributed by atoms with Gasteiger partial charge in [-0.2, -0.15) is 0 Å². The zero-order chi connectivity index (χ0) is 28.7. The van der Waals surface area contributed by atoms with Crippen LogP contribution in [0.2, 0.25) is 0 Å². The predicted molar refractivity (Wildman–Crippen MR) is 145 cm³/mol. The summed E-state index contributed by atoms with van der Waals surface area (Å²) in [5.41, 5.74) is 2.50. The number of carbonyl (C=O) groups is 1. The Labute approximate surface area is 235 Å². The molecule has 1 atom stereocenters. The lowest BCUT2D eigenvalue weighted by molar-refractivity contribution is -0.142. The number of halogens is 4. The number of nitrogens with zero attached hydrogens (tertiary/aromatic N) is 3. The minimum atomic E-state index is -2.65. The van der Waals surface area contributed by atoms with Crippen LogP contribution in [0.25, 0.3) is 0 Å². The number of hydrogen-bond donors (Lipinski definition) is 1. The fraction of sp³-hybridized carbons (Fsp3) is 0.387. The normalized spacial score (nSPS) is 20.0. The summed E-state index contributed by atoms with van der Waals surface area (Å²) in [5.74, 6) is -1.82. The van der Waals surface area contributed by atoms with Gasteiger partial charge in [-0.25, -0.2) is 17.6 Å². The molecule has 6 nitrogen and oxygen atoms in total. The third kappa shape index (κ3) is 5.63. The Morgan fingerprint density at radius 1 is 1.00 bits per heavy atom. The minimum absolute atomic E-state index is 0.0155. The summed E-state index contributed by atoms with van der Waals surface area (Å²) in [6, 6.07) is 16.5. The molecule has 3 heterocycles. The van der Waals surface area contributed by atoms with Gasteiger partial charge in [0.05, 0.1) is 19.1 Å². The number of anilines is 1. The Hall–Kier alpha value is -3.63. The largest absolute Gasteiger partial charge is 0.489 e. The lowest BCUT2D eigenvalue weighted by Gasteiger charge is -2.60. The highest BCUT2D eigenvalue weighted by Crippen LogP contribution is 2.44. The molecule has 0 saturated carbocycles. The second-order valence-corrected chi connectivity index (χ2v) is 11.4. The van der Waals surface area contributed by atoms with Crippen molar-refractivity contribution in [2.24, 2.45) is 5.41 Å². The smallest absolute Gasteiger partial charge is 0.317 e. The molecule has 1 N–H and O–H groups in total. The Morgan fingerprint density at radius 2 is 1.71 bits per heavy atom. The van der Waals surface area contributed by atoms with Crippen molar-refractivity contribution < 1.29 is 32.2 Å². The molecule has 2 saturated heterocycles. The molecule has 6 rings (SSSR count). The van der Waals surface area contributed by atoms with Gasteiger partial charge in [-0.05, 0) is 47.4 Å². The summed E-state index contributed by atoms with van der Waals surface area (Å²) in [4.78, 5) is 16.1. The van der Waals surface area contributed by atoms with Gasteiger partial charge in [0.15, 0.2) is 0 Å². The Kier molecular flexibility index (Phi) is 7.37. The Balaban J connectivity index is 1.23. The zero-order valence-electron chi connectivity index (χ0n) is 22.4. The summed E-state index contributed by atoms with van der Waals surface area (Å²) in [6.45, 7) is 2.41. The molecule has 3 aliphatic rings. The number of aliphatic carboxylic acids is 1. The second-order valence-electron chi connectivity index (χ2n) is 11.4. The van der Waals surface area contributed by atoms with Crippen molar-refractivity contribution in [2.75, 3.05) is 50.7 Å². The summed E-state index contributed by atoms with van der Waals surface area (Å²) in [6.07, 6.45) is -2.20. The summed E-state index contributed by atoms with van der Waals surface area (Å²) in [7, 11) is 0. The first-order valence-corrected chi connectivity index (χ1v) is 13.7. The van der Waals surface area contributed by atoms with Crippen molar-refractivity contribution in [3.05, 3.63) is 94.6 Å².